The van der Waals surface area contributed by atoms with Gasteiger partial charge in [0.15, 0.2) is 0 Å². The second-order valence-corrected chi connectivity index (χ2v) is 0. The zero-order valence-corrected chi connectivity index (χ0v) is 5.79. The van der Waals surface area contributed by atoms with Gasteiger partial charge in [0.1, 0.15) is 0 Å². The fraction of sp³-hybridized carbons (Fsp3) is 0. The Morgan fingerprint density at radius 1 is 0.429 bits per heavy atom. The SMILES string of the molecule is N.N.[OH-].[OH-].[OH-].[OH-].[Pt+4]. The van der Waals surface area contributed by atoms with Crippen LogP contribution in [0.25, 0.3) is 0 Å². The number of hydrogen-bond acceptors (Lipinski definition) is 6. The van der Waals surface area contributed by atoms with Gasteiger partial charge in [-0.05, 0) is 0 Å². The molecule has 54 valence electrons. The average Bonchev–Trinajstić information content (AvgIpc) is 0. The van der Waals surface area contributed by atoms with E-state index in [4.69, 9.17) is 0 Å². The first-order valence-corrected chi connectivity index (χ1v) is 0. The summed E-state index contributed by atoms with van der Waals surface area (Å²) in [4.78, 5) is 0. The summed E-state index contributed by atoms with van der Waals surface area (Å²) < 4.78 is 0. The molecule has 0 atom stereocenters. The monoisotopic (exact) mass is 297 g/mol. The number of rotatable bonds is 0. The Morgan fingerprint density at radius 2 is 0.429 bits per heavy atom. The third-order valence-electron chi connectivity index (χ3n) is 0. The minimum Gasteiger partial charge on any atom is -0.870 e. The minimum absolute atomic E-state index is 0. The standard InChI is InChI=1S/2H3N.4H2O.Pt/h2*1H3;4*1H2;/q;;;;;;+4/p-4. The third kappa shape index (κ3) is 635. The van der Waals surface area contributed by atoms with Gasteiger partial charge in [0.05, 0.1) is 0 Å². The molecule has 10 N–H and O–H groups in total. The molecule has 0 bridgehead atoms. The van der Waals surface area contributed by atoms with Gasteiger partial charge >= 0.3 is 21.1 Å². The maximum atomic E-state index is 0. The smallest absolute Gasteiger partial charge is 0.870 e. The predicted molar refractivity (Wildman–Crippen MR) is 17.8 cm³/mol. The van der Waals surface area contributed by atoms with Gasteiger partial charge in [-0.1, -0.05) is 0 Å². The summed E-state index contributed by atoms with van der Waals surface area (Å²) in [6.45, 7) is 0. The molecule has 6 nitrogen and oxygen atoms in total. The van der Waals surface area contributed by atoms with Gasteiger partial charge in [0.2, 0.25) is 0 Å². The van der Waals surface area contributed by atoms with E-state index in [1.54, 1.807) is 0 Å². The molecule has 0 aliphatic carbocycles. The quantitative estimate of drug-likeness (QED) is 0.611. The second kappa shape index (κ2) is 952. The summed E-state index contributed by atoms with van der Waals surface area (Å²) in [5, 5.41) is 0. The molecular weight excluding hydrogens is 287 g/mol. The van der Waals surface area contributed by atoms with Gasteiger partial charge in [-0.25, -0.2) is 0 Å². The molecule has 0 heterocycles. The Morgan fingerprint density at radius 3 is 0.429 bits per heavy atom. The topological polar surface area (TPSA) is 190 Å². The molecule has 7 heavy (non-hydrogen) atoms. The van der Waals surface area contributed by atoms with E-state index in [1.807, 2.05) is 0 Å². The molecule has 7 heteroatoms. The van der Waals surface area contributed by atoms with E-state index >= 15 is 0 Å². The summed E-state index contributed by atoms with van der Waals surface area (Å²) >= 11 is 0. The van der Waals surface area contributed by atoms with Crippen molar-refractivity contribution in [3.05, 3.63) is 0 Å². The summed E-state index contributed by atoms with van der Waals surface area (Å²) in [6.07, 6.45) is 0. The molecule has 0 saturated carbocycles. The van der Waals surface area contributed by atoms with Crippen molar-refractivity contribution in [2.75, 3.05) is 0 Å². The summed E-state index contributed by atoms with van der Waals surface area (Å²) in [6, 6.07) is 0. The van der Waals surface area contributed by atoms with Crippen molar-refractivity contribution < 1.29 is 43.0 Å². The second-order valence-electron chi connectivity index (χ2n) is 0. The molecule has 0 aromatic heterocycles. The van der Waals surface area contributed by atoms with Crippen molar-refractivity contribution in [1.29, 1.82) is 0 Å². The molecule has 0 aromatic carbocycles. The van der Waals surface area contributed by atoms with E-state index in [9.17, 15) is 0 Å². The summed E-state index contributed by atoms with van der Waals surface area (Å²) in [5.74, 6) is 0. The van der Waals surface area contributed by atoms with E-state index in [-0.39, 0.29) is 55.3 Å². The molecule has 0 unspecified atom stereocenters. The Kier molecular flexibility index (Phi) is 210000. The third-order valence-corrected chi connectivity index (χ3v) is 0. The van der Waals surface area contributed by atoms with Crippen molar-refractivity contribution in [3.8, 4) is 0 Å². The molecule has 0 fully saturated rings. The molecule has 0 aliphatic heterocycles. The maximum absolute atomic E-state index is 0. The number of hydrogen-bond donors (Lipinski definition) is 2. The minimum atomic E-state index is 0. The Hall–Kier alpha value is 0.448. The first-order valence-electron chi connectivity index (χ1n) is 0. The van der Waals surface area contributed by atoms with E-state index in [0.717, 1.165) is 0 Å². The van der Waals surface area contributed by atoms with Gasteiger partial charge in [0.25, 0.3) is 0 Å². The fourth-order valence-corrected chi connectivity index (χ4v) is 0. The van der Waals surface area contributed by atoms with Crippen LogP contribution in [0.2, 0.25) is 0 Å². The van der Waals surface area contributed by atoms with Crippen LogP contribution in [0.3, 0.4) is 0 Å². The van der Waals surface area contributed by atoms with Gasteiger partial charge in [-0.3, -0.25) is 0 Å². The van der Waals surface area contributed by atoms with Crippen LogP contribution in [0, 0.1) is 0 Å². The zero-order valence-electron chi connectivity index (χ0n) is 3.52. The van der Waals surface area contributed by atoms with Crippen molar-refractivity contribution >= 4 is 0 Å². The van der Waals surface area contributed by atoms with Crippen LogP contribution in [0.4, 0.5) is 0 Å². The summed E-state index contributed by atoms with van der Waals surface area (Å²) in [7, 11) is 0. The maximum Gasteiger partial charge on any atom is 4.00 e. The first kappa shape index (κ1) is 1540. The van der Waals surface area contributed by atoms with E-state index in [0.29, 0.717) is 0 Å². The van der Waals surface area contributed by atoms with Crippen molar-refractivity contribution in [2.24, 2.45) is 0 Å². The van der Waals surface area contributed by atoms with Crippen LogP contribution < -0.4 is 12.3 Å². The van der Waals surface area contributed by atoms with Gasteiger partial charge < -0.3 is 34.2 Å². The van der Waals surface area contributed by atoms with Crippen LogP contribution in [0.5, 0.6) is 0 Å². The molecular formula is H10N2O4Pt. The van der Waals surface area contributed by atoms with Crippen LogP contribution in [-0.2, 0) is 21.1 Å². The normalized spacial score (nSPS) is 0. The molecule has 0 amide bonds. The summed E-state index contributed by atoms with van der Waals surface area (Å²) in [5.41, 5.74) is 0. The average molecular weight is 297 g/mol. The Bertz CT molecular complexity index is 9.65. The van der Waals surface area contributed by atoms with E-state index < -0.39 is 0 Å². The van der Waals surface area contributed by atoms with Crippen LogP contribution >= 0.6 is 0 Å². The van der Waals surface area contributed by atoms with Crippen LogP contribution in [0.15, 0.2) is 0 Å². The first-order chi connectivity index (χ1) is 0. The van der Waals surface area contributed by atoms with Crippen molar-refractivity contribution in [1.82, 2.24) is 12.3 Å². The largest absolute Gasteiger partial charge is 4.00 e. The molecule has 0 saturated heterocycles. The molecule has 0 radical (unpaired) electrons. The van der Waals surface area contributed by atoms with Crippen LogP contribution in [0.1, 0.15) is 0 Å². The van der Waals surface area contributed by atoms with Crippen molar-refractivity contribution in [3.63, 3.8) is 0 Å². The van der Waals surface area contributed by atoms with Crippen LogP contribution in [-0.4, -0.2) is 21.9 Å². The molecule has 0 aromatic rings. The Balaban J connectivity index is 0. The zero-order chi connectivity index (χ0) is 0. The van der Waals surface area contributed by atoms with E-state index in [2.05, 4.69) is 0 Å². The van der Waals surface area contributed by atoms with Gasteiger partial charge in [-0.15, -0.1) is 0 Å². The predicted octanol–water partition coefficient (Wildman–Crippen LogP) is -0.386. The fourth-order valence-electron chi connectivity index (χ4n) is 0. The molecule has 0 spiro atoms. The van der Waals surface area contributed by atoms with Crippen molar-refractivity contribution in [2.45, 2.75) is 0 Å². The molecule has 0 rings (SSSR count). The molecule has 0 aliphatic rings. The van der Waals surface area contributed by atoms with E-state index in [1.165, 1.54) is 0 Å². The van der Waals surface area contributed by atoms with Gasteiger partial charge in [0, 0.05) is 0 Å². The Labute approximate surface area is 56.0 Å². The van der Waals surface area contributed by atoms with Gasteiger partial charge in [-0.2, -0.15) is 0 Å².